The third-order valence-electron chi connectivity index (χ3n) is 3.76. The molecule has 0 saturated heterocycles. The molecule has 2 unspecified atom stereocenters. The molecule has 0 amide bonds. The van der Waals surface area contributed by atoms with Gasteiger partial charge in [-0.05, 0) is 31.4 Å². The van der Waals surface area contributed by atoms with Crippen molar-refractivity contribution in [2.75, 3.05) is 0 Å². The van der Waals surface area contributed by atoms with E-state index in [-0.39, 0.29) is 11.8 Å². The zero-order valence-electron chi connectivity index (χ0n) is 10.4. The van der Waals surface area contributed by atoms with Gasteiger partial charge < -0.3 is 5.11 Å². The average molecular weight is 257 g/mol. The molecule has 3 rings (SSSR count). The fourth-order valence-corrected chi connectivity index (χ4v) is 2.75. The number of hydrogen-bond donors (Lipinski definition) is 1. The van der Waals surface area contributed by atoms with Crippen molar-refractivity contribution in [3.8, 4) is 5.69 Å². The predicted octanol–water partition coefficient (Wildman–Crippen LogP) is 2.24. The highest BCUT2D eigenvalue weighted by atomic mass is 16.4. The maximum absolute atomic E-state index is 11.0. The van der Waals surface area contributed by atoms with E-state index in [2.05, 4.69) is 10.2 Å². The van der Waals surface area contributed by atoms with E-state index < -0.39 is 5.97 Å². The number of nitrogens with zero attached hydrogens (tertiary/aromatic N) is 3. The van der Waals surface area contributed by atoms with Gasteiger partial charge in [-0.25, -0.2) is 0 Å². The van der Waals surface area contributed by atoms with Gasteiger partial charge in [0.1, 0.15) is 12.2 Å². The van der Waals surface area contributed by atoms with E-state index in [1.54, 1.807) is 6.33 Å². The maximum Gasteiger partial charge on any atom is 0.306 e. The lowest BCUT2D eigenvalue weighted by Gasteiger charge is -2.11. The molecule has 1 aliphatic rings. The summed E-state index contributed by atoms with van der Waals surface area (Å²) in [6.45, 7) is 0. The van der Waals surface area contributed by atoms with Crippen molar-refractivity contribution in [3.63, 3.8) is 0 Å². The molecule has 2 atom stereocenters. The summed E-state index contributed by atoms with van der Waals surface area (Å²) in [5, 5.41) is 17.2. The van der Waals surface area contributed by atoms with E-state index in [4.69, 9.17) is 5.11 Å². The zero-order chi connectivity index (χ0) is 13.2. The van der Waals surface area contributed by atoms with Gasteiger partial charge in [0.05, 0.1) is 5.92 Å². The Morgan fingerprint density at radius 3 is 2.74 bits per heavy atom. The summed E-state index contributed by atoms with van der Waals surface area (Å²) in [6.07, 6.45) is 3.93. The molecule has 1 aromatic carbocycles. The van der Waals surface area contributed by atoms with Gasteiger partial charge in [0.2, 0.25) is 0 Å². The average Bonchev–Trinajstić information content (AvgIpc) is 3.08. The largest absolute Gasteiger partial charge is 0.481 e. The number of benzene rings is 1. The molecule has 0 radical (unpaired) electrons. The van der Waals surface area contributed by atoms with Crippen LogP contribution in [0.25, 0.3) is 5.69 Å². The topological polar surface area (TPSA) is 68.0 Å². The summed E-state index contributed by atoms with van der Waals surface area (Å²) >= 11 is 0. The highest BCUT2D eigenvalue weighted by Crippen LogP contribution is 2.37. The highest BCUT2D eigenvalue weighted by Gasteiger charge is 2.33. The van der Waals surface area contributed by atoms with Crippen LogP contribution >= 0.6 is 0 Å². The summed E-state index contributed by atoms with van der Waals surface area (Å²) in [5.41, 5.74) is 1.02. The third-order valence-corrected chi connectivity index (χ3v) is 3.76. The molecule has 1 aliphatic carbocycles. The Labute approximate surface area is 110 Å². The van der Waals surface area contributed by atoms with Crippen molar-refractivity contribution in [2.45, 2.75) is 25.2 Å². The van der Waals surface area contributed by atoms with Crippen LogP contribution in [-0.2, 0) is 4.79 Å². The van der Waals surface area contributed by atoms with E-state index in [9.17, 15) is 4.79 Å². The van der Waals surface area contributed by atoms with Crippen molar-refractivity contribution < 1.29 is 9.90 Å². The molecule has 0 spiro atoms. The van der Waals surface area contributed by atoms with Crippen molar-refractivity contribution in [3.05, 3.63) is 42.5 Å². The Hall–Kier alpha value is -2.17. The minimum Gasteiger partial charge on any atom is -0.481 e. The maximum atomic E-state index is 11.0. The first-order valence-electron chi connectivity index (χ1n) is 6.44. The quantitative estimate of drug-likeness (QED) is 0.915. The minimum atomic E-state index is -0.701. The van der Waals surface area contributed by atoms with Crippen LogP contribution in [0.3, 0.4) is 0 Å². The van der Waals surface area contributed by atoms with Gasteiger partial charge in [-0.1, -0.05) is 18.2 Å². The Kier molecular flexibility index (Phi) is 3.03. The van der Waals surface area contributed by atoms with E-state index >= 15 is 0 Å². The van der Waals surface area contributed by atoms with Gasteiger partial charge in [-0.3, -0.25) is 9.36 Å². The molecule has 19 heavy (non-hydrogen) atoms. The van der Waals surface area contributed by atoms with Crippen molar-refractivity contribution in [1.29, 1.82) is 0 Å². The van der Waals surface area contributed by atoms with E-state index in [0.29, 0.717) is 6.42 Å². The number of rotatable bonds is 3. The molecule has 1 heterocycles. The SMILES string of the molecule is O=C(O)C1CCC(c2nncn2-c2ccccc2)C1. The first-order valence-corrected chi connectivity index (χ1v) is 6.44. The fraction of sp³-hybridized carbons (Fsp3) is 0.357. The van der Waals surface area contributed by atoms with Gasteiger partial charge in [-0.2, -0.15) is 0 Å². The lowest BCUT2D eigenvalue weighted by molar-refractivity contribution is -0.141. The predicted molar refractivity (Wildman–Crippen MR) is 69.1 cm³/mol. The molecule has 1 aromatic heterocycles. The molecule has 0 bridgehead atoms. The van der Waals surface area contributed by atoms with Gasteiger partial charge in [0.15, 0.2) is 0 Å². The number of carboxylic acids is 1. The van der Waals surface area contributed by atoms with Crippen LogP contribution in [0.2, 0.25) is 0 Å². The lowest BCUT2D eigenvalue weighted by Crippen LogP contribution is -2.10. The number of carboxylic acid groups (broad SMARTS) is 1. The smallest absolute Gasteiger partial charge is 0.306 e. The van der Waals surface area contributed by atoms with E-state index in [0.717, 1.165) is 24.4 Å². The van der Waals surface area contributed by atoms with Crippen LogP contribution in [0.15, 0.2) is 36.7 Å². The molecule has 2 aromatic rings. The Bertz CT molecular complexity index is 579. The summed E-state index contributed by atoms with van der Waals surface area (Å²) < 4.78 is 1.95. The van der Waals surface area contributed by atoms with E-state index in [1.165, 1.54) is 0 Å². The number of para-hydroxylation sites is 1. The molecular formula is C14H15N3O2. The Balaban J connectivity index is 1.88. The molecular weight excluding hydrogens is 242 g/mol. The Morgan fingerprint density at radius 1 is 1.26 bits per heavy atom. The standard InChI is InChI=1S/C14H15N3O2/c18-14(19)11-7-6-10(8-11)13-16-15-9-17(13)12-4-2-1-3-5-12/h1-5,9-11H,6-8H2,(H,18,19). The molecule has 98 valence electrons. The van der Waals surface area contributed by atoms with Crippen LogP contribution in [-0.4, -0.2) is 25.8 Å². The van der Waals surface area contributed by atoms with Crippen LogP contribution in [0.5, 0.6) is 0 Å². The summed E-state index contributed by atoms with van der Waals surface area (Å²) in [5.74, 6) is 0.109. The molecule has 5 nitrogen and oxygen atoms in total. The lowest BCUT2D eigenvalue weighted by atomic mass is 10.0. The van der Waals surface area contributed by atoms with Gasteiger partial charge in [-0.15, -0.1) is 10.2 Å². The number of hydrogen-bond acceptors (Lipinski definition) is 3. The van der Waals surface area contributed by atoms with Crippen molar-refractivity contribution >= 4 is 5.97 Å². The monoisotopic (exact) mass is 257 g/mol. The third kappa shape index (κ3) is 2.23. The second-order valence-corrected chi connectivity index (χ2v) is 4.94. The van der Waals surface area contributed by atoms with Crippen molar-refractivity contribution in [2.24, 2.45) is 5.92 Å². The summed E-state index contributed by atoms with van der Waals surface area (Å²) in [7, 11) is 0. The Morgan fingerprint density at radius 2 is 2.05 bits per heavy atom. The number of aromatic nitrogens is 3. The molecule has 5 heteroatoms. The minimum absolute atomic E-state index is 0.184. The molecule has 1 N–H and O–H groups in total. The summed E-state index contributed by atoms with van der Waals surface area (Å²) in [4.78, 5) is 11.0. The van der Waals surface area contributed by atoms with Crippen molar-refractivity contribution in [1.82, 2.24) is 14.8 Å². The number of carbonyl (C=O) groups is 1. The molecule has 1 saturated carbocycles. The second kappa shape index (κ2) is 4.84. The fourth-order valence-electron chi connectivity index (χ4n) is 2.75. The second-order valence-electron chi connectivity index (χ2n) is 4.94. The normalized spacial score (nSPS) is 22.5. The van der Waals surface area contributed by atoms with Crippen LogP contribution in [0.4, 0.5) is 0 Å². The highest BCUT2D eigenvalue weighted by molar-refractivity contribution is 5.70. The first kappa shape index (κ1) is 11.9. The van der Waals surface area contributed by atoms with Gasteiger partial charge in [0.25, 0.3) is 0 Å². The first-order chi connectivity index (χ1) is 9.25. The zero-order valence-corrected chi connectivity index (χ0v) is 10.4. The van der Waals surface area contributed by atoms with Crippen LogP contribution < -0.4 is 0 Å². The van der Waals surface area contributed by atoms with Crippen LogP contribution in [0, 0.1) is 5.92 Å². The summed E-state index contributed by atoms with van der Waals surface area (Å²) in [6, 6.07) is 9.89. The van der Waals surface area contributed by atoms with Gasteiger partial charge >= 0.3 is 5.97 Å². The number of aliphatic carboxylic acids is 1. The van der Waals surface area contributed by atoms with Gasteiger partial charge in [0, 0.05) is 11.6 Å². The van der Waals surface area contributed by atoms with E-state index in [1.807, 2.05) is 34.9 Å². The molecule has 1 fully saturated rings. The van der Waals surface area contributed by atoms with Crippen LogP contribution in [0.1, 0.15) is 31.0 Å². The molecule has 0 aliphatic heterocycles.